The van der Waals surface area contributed by atoms with Crippen LogP contribution < -0.4 is 15.2 Å². The second kappa shape index (κ2) is 5.40. The van der Waals surface area contributed by atoms with Gasteiger partial charge in [0.25, 0.3) is 0 Å². The molecule has 2 rings (SSSR count). The summed E-state index contributed by atoms with van der Waals surface area (Å²) in [5.41, 5.74) is 7.92. The van der Waals surface area contributed by atoms with Gasteiger partial charge >= 0.3 is 0 Å². The molecule has 0 spiro atoms. The van der Waals surface area contributed by atoms with E-state index in [-0.39, 0.29) is 0 Å². The zero-order chi connectivity index (χ0) is 14.0. The smallest absolute Gasteiger partial charge is 0.162 e. The Balaban J connectivity index is 2.19. The summed E-state index contributed by atoms with van der Waals surface area (Å²) < 4.78 is 12.6. The number of ether oxygens (including phenoxy) is 2. The number of nitrogen functional groups attached to an aromatic ring is 1. The van der Waals surface area contributed by atoms with Crippen molar-refractivity contribution < 1.29 is 9.47 Å². The maximum absolute atomic E-state index is 6.16. The molecule has 2 aromatic rings. The number of hydrogen-bond donors (Lipinski definition) is 1. The van der Waals surface area contributed by atoms with E-state index in [0.29, 0.717) is 28.8 Å². The van der Waals surface area contributed by atoms with Crippen LogP contribution in [0.5, 0.6) is 11.5 Å². The first-order chi connectivity index (χ1) is 9.02. The molecule has 0 aliphatic carbocycles. The summed E-state index contributed by atoms with van der Waals surface area (Å²) in [6, 6.07) is 5.24. The van der Waals surface area contributed by atoms with Crippen molar-refractivity contribution in [1.82, 2.24) is 9.78 Å². The molecule has 102 valence electrons. The minimum Gasteiger partial charge on any atom is -0.493 e. The van der Waals surface area contributed by atoms with E-state index in [0.717, 1.165) is 11.4 Å². The van der Waals surface area contributed by atoms with Crippen LogP contribution in [0.2, 0.25) is 5.02 Å². The minimum atomic E-state index is 0.316. The standard InChI is InChI=1S/C13H16ClN3O2/c1-8-13(14)10(17(2)16-8)7-19-11-5-4-9(15)6-12(11)18-3/h4-6H,7,15H2,1-3H3. The molecular weight excluding hydrogens is 266 g/mol. The summed E-state index contributed by atoms with van der Waals surface area (Å²) in [6.07, 6.45) is 0. The van der Waals surface area contributed by atoms with Crippen LogP contribution in [0.3, 0.4) is 0 Å². The quantitative estimate of drug-likeness (QED) is 0.875. The lowest BCUT2D eigenvalue weighted by atomic mass is 10.3. The lowest BCUT2D eigenvalue weighted by Crippen LogP contribution is -2.04. The van der Waals surface area contributed by atoms with E-state index in [1.807, 2.05) is 14.0 Å². The summed E-state index contributed by atoms with van der Waals surface area (Å²) in [4.78, 5) is 0. The molecule has 0 radical (unpaired) electrons. The van der Waals surface area contributed by atoms with E-state index in [1.165, 1.54) is 0 Å². The fourth-order valence-electron chi connectivity index (χ4n) is 1.79. The number of anilines is 1. The predicted molar refractivity (Wildman–Crippen MR) is 74.7 cm³/mol. The fourth-order valence-corrected chi connectivity index (χ4v) is 2.00. The highest BCUT2D eigenvalue weighted by Gasteiger charge is 2.13. The fraction of sp³-hybridized carbons (Fsp3) is 0.308. The topological polar surface area (TPSA) is 62.3 Å². The molecule has 1 aromatic carbocycles. The van der Waals surface area contributed by atoms with Gasteiger partial charge < -0.3 is 15.2 Å². The number of nitrogens with zero attached hydrogens (tertiary/aromatic N) is 2. The van der Waals surface area contributed by atoms with Gasteiger partial charge in [0.2, 0.25) is 0 Å². The molecule has 0 fully saturated rings. The Morgan fingerprint density at radius 1 is 1.37 bits per heavy atom. The second-order valence-electron chi connectivity index (χ2n) is 4.17. The lowest BCUT2D eigenvalue weighted by Gasteiger charge is -2.11. The van der Waals surface area contributed by atoms with E-state index in [4.69, 9.17) is 26.8 Å². The SMILES string of the molecule is COc1cc(N)ccc1OCc1c(Cl)c(C)nn1C. The summed E-state index contributed by atoms with van der Waals surface area (Å²) in [5.74, 6) is 1.21. The van der Waals surface area contributed by atoms with Crippen molar-refractivity contribution in [1.29, 1.82) is 0 Å². The molecule has 0 aliphatic rings. The number of rotatable bonds is 4. The predicted octanol–water partition coefficient (Wildman–Crippen LogP) is 2.55. The van der Waals surface area contributed by atoms with Gasteiger partial charge in [-0.2, -0.15) is 5.10 Å². The van der Waals surface area contributed by atoms with Crippen LogP contribution in [-0.4, -0.2) is 16.9 Å². The highest BCUT2D eigenvalue weighted by Crippen LogP contribution is 2.30. The minimum absolute atomic E-state index is 0.316. The maximum atomic E-state index is 6.16. The first-order valence-corrected chi connectivity index (χ1v) is 6.15. The normalized spacial score (nSPS) is 10.5. The highest BCUT2D eigenvalue weighted by atomic mass is 35.5. The average Bonchev–Trinajstić information content (AvgIpc) is 2.62. The molecule has 1 aromatic heterocycles. The Bertz CT molecular complexity index is 596. The first kappa shape index (κ1) is 13.5. The van der Waals surface area contributed by atoms with Crippen molar-refractivity contribution in [2.45, 2.75) is 13.5 Å². The van der Waals surface area contributed by atoms with Crippen LogP contribution >= 0.6 is 11.6 Å². The molecule has 19 heavy (non-hydrogen) atoms. The van der Waals surface area contributed by atoms with E-state index in [9.17, 15) is 0 Å². The first-order valence-electron chi connectivity index (χ1n) is 5.77. The van der Waals surface area contributed by atoms with Crippen molar-refractivity contribution in [2.24, 2.45) is 7.05 Å². The molecule has 2 N–H and O–H groups in total. The van der Waals surface area contributed by atoms with Crippen molar-refractivity contribution in [3.63, 3.8) is 0 Å². The summed E-state index contributed by atoms with van der Waals surface area (Å²) in [7, 11) is 3.40. The lowest BCUT2D eigenvalue weighted by molar-refractivity contribution is 0.276. The molecule has 0 amide bonds. The Hall–Kier alpha value is -1.88. The Labute approximate surface area is 116 Å². The van der Waals surface area contributed by atoms with Crippen molar-refractivity contribution >= 4 is 17.3 Å². The van der Waals surface area contributed by atoms with Gasteiger partial charge in [-0.3, -0.25) is 4.68 Å². The Morgan fingerprint density at radius 2 is 2.11 bits per heavy atom. The number of nitrogens with two attached hydrogens (primary N) is 1. The van der Waals surface area contributed by atoms with Crippen LogP contribution in [0.4, 0.5) is 5.69 Å². The van der Waals surface area contributed by atoms with Crippen molar-refractivity contribution in [3.8, 4) is 11.5 Å². The van der Waals surface area contributed by atoms with Gasteiger partial charge in [-0.05, 0) is 19.1 Å². The van der Waals surface area contributed by atoms with Crippen molar-refractivity contribution in [2.75, 3.05) is 12.8 Å². The van der Waals surface area contributed by atoms with Gasteiger partial charge in [-0.15, -0.1) is 0 Å². The van der Waals surface area contributed by atoms with Crippen LogP contribution in [0.25, 0.3) is 0 Å². The molecule has 0 atom stereocenters. The van der Waals surface area contributed by atoms with E-state index < -0.39 is 0 Å². The van der Waals surface area contributed by atoms with Gasteiger partial charge in [0.1, 0.15) is 6.61 Å². The number of aromatic nitrogens is 2. The van der Waals surface area contributed by atoms with Gasteiger partial charge in [-0.1, -0.05) is 11.6 Å². The Kier molecular flexibility index (Phi) is 3.85. The van der Waals surface area contributed by atoms with Crippen LogP contribution in [0.1, 0.15) is 11.4 Å². The molecule has 1 heterocycles. The number of benzene rings is 1. The number of hydrogen-bond acceptors (Lipinski definition) is 4. The number of halogens is 1. The molecule has 6 heteroatoms. The van der Waals surface area contributed by atoms with Crippen molar-refractivity contribution in [3.05, 3.63) is 34.6 Å². The highest BCUT2D eigenvalue weighted by molar-refractivity contribution is 6.31. The average molecular weight is 282 g/mol. The number of aryl methyl sites for hydroxylation is 2. The van der Waals surface area contributed by atoms with Crippen LogP contribution in [0.15, 0.2) is 18.2 Å². The molecule has 0 bridgehead atoms. The second-order valence-corrected chi connectivity index (χ2v) is 4.55. The molecule has 0 unspecified atom stereocenters. The van der Waals surface area contributed by atoms with Gasteiger partial charge in [0.15, 0.2) is 11.5 Å². The third kappa shape index (κ3) is 2.76. The van der Waals surface area contributed by atoms with Crippen LogP contribution in [-0.2, 0) is 13.7 Å². The maximum Gasteiger partial charge on any atom is 0.162 e. The summed E-state index contributed by atoms with van der Waals surface area (Å²) in [5, 5.41) is 4.86. The van der Waals surface area contributed by atoms with Gasteiger partial charge in [0.05, 0.1) is 23.5 Å². The van der Waals surface area contributed by atoms with E-state index >= 15 is 0 Å². The monoisotopic (exact) mass is 281 g/mol. The molecule has 0 aliphatic heterocycles. The van der Waals surface area contributed by atoms with Crippen LogP contribution in [0, 0.1) is 6.92 Å². The molecular formula is C13H16ClN3O2. The molecule has 0 saturated heterocycles. The van der Waals surface area contributed by atoms with Gasteiger partial charge in [-0.25, -0.2) is 0 Å². The third-order valence-electron chi connectivity index (χ3n) is 2.81. The number of methoxy groups -OCH3 is 1. The van der Waals surface area contributed by atoms with Gasteiger partial charge in [0, 0.05) is 18.8 Å². The summed E-state index contributed by atoms with van der Waals surface area (Å²) >= 11 is 6.16. The summed E-state index contributed by atoms with van der Waals surface area (Å²) in [6.45, 7) is 2.17. The largest absolute Gasteiger partial charge is 0.493 e. The molecule has 0 saturated carbocycles. The zero-order valence-corrected chi connectivity index (χ0v) is 11.9. The third-order valence-corrected chi connectivity index (χ3v) is 3.31. The van der Waals surface area contributed by atoms with E-state index in [2.05, 4.69) is 5.10 Å². The molecule has 5 nitrogen and oxygen atoms in total. The Morgan fingerprint density at radius 3 is 2.68 bits per heavy atom. The zero-order valence-electron chi connectivity index (χ0n) is 11.1. The van der Waals surface area contributed by atoms with E-state index in [1.54, 1.807) is 30.0 Å².